The van der Waals surface area contributed by atoms with Crippen molar-refractivity contribution in [1.29, 1.82) is 0 Å². The van der Waals surface area contributed by atoms with Gasteiger partial charge in [0.1, 0.15) is 0 Å². The molecule has 0 aliphatic carbocycles. The second-order valence-electron chi connectivity index (χ2n) is 4.75. The average Bonchev–Trinajstić information content (AvgIpc) is 2.87. The molecule has 0 amide bonds. The summed E-state index contributed by atoms with van der Waals surface area (Å²) in [4.78, 5) is 0. The van der Waals surface area contributed by atoms with Gasteiger partial charge in [-0.25, -0.2) is 0 Å². The first-order valence-corrected chi connectivity index (χ1v) is 8.64. The second kappa shape index (κ2) is 5.91. The van der Waals surface area contributed by atoms with Crippen LogP contribution in [0.2, 0.25) is 0 Å². The van der Waals surface area contributed by atoms with Gasteiger partial charge in [-0.3, -0.25) is 0 Å². The van der Waals surface area contributed by atoms with Gasteiger partial charge < -0.3 is 0 Å². The van der Waals surface area contributed by atoms with Gasteiger partial charge in [0, 0.05) is 24.6 Å². The van der Waals surface area contributed by atoms with Crippen molar-refractivity contribution in [3.63, 3.8) is 0 Å². The maximum atomic E-state index is 12.5. The molecule has 0 saturated carbocycles. The third-order valence-electron chi connectivity index (χ3n) is 3.57. The van der Waals surface area contributed by atoms with Gasteiger partial charge in [-0.15, -0.1) is 0 Å². The van der Waals surface area contributed by atoms with E-state index in [2.05, 4.69) is 15.9 Å². The molecule has 1 fully saturated rings. The molecule has 1 atom stereocenters. The maximum Gasteiger partial charge on any atom is 0.282 e. The molecule has 1 aromatic rings. The lowest BCUT2D eigenvalue weighted by molar-refractivity contribution is 0.352. The van der Waals surface area contributed by atoms with E-state index >= 15 is 0 Å². The van der Waals surface area contributed by atoms with Crippen LogP contribution in [0.4, 0.5) is 0 Å². The molecule has 1 aliphatic rings. The normalized spacial score (nSPS) is 21.2. The molecule has 1 heterocycles. The summed E-state index contributed by atoms with van der Waals surface area (Å²) in [6, 6.07) is 7.86. The van der Waals surface area contributed by atoms with E-state index in [0.717, 1.165) is 22.9 Å². The lowest BCUT2D eigenvalue weighted by Gasteiger charge is -2.28. The van der Waals surface area contributed by atoms with Crippen molar-refractivity contribution < 1.29 is 8.42 Å². The predicted molar refractivity (Wildman–Crippen MR) is 80.0 cm³/mol. The first-order valence-electron chi connectivity index (χ1n) is 6.45. The largest absolute Gasteiger partial charge is 0.282 e. The molecule has 19 heavy (non-hydrogen) atoms. The summed E-state index contributed by atoms with van der Waals surface area (Å²) < 4.78 is 29.0. The molecular formula is C13H19BrN2O2S. The molecule has 0 bridgehead atoms. The first-order chi connectivity index (χ1) is 8.96. The van der Waals surface area contributed by atoms with Crippen LogP contribution < -0.4 is 0 Å². The van der Waals surface area contributed by atoms with Gasteiger partial charge in [0.2, 0.25) is 0 Å². The van der Waals surface area contributed by atoms with Crippen LogP contribution in [0.3, 0.4) is 0 Å². The van der Waals surface area contributed by atoms with Crippen molar-refractivity contribution in [2.45, 2.75) is 25.8 Å². The van der Waals surface area contributed by atoms with Gasteiger partial charge in [-0.1, -0.05) is 35.0 Å². The van der Waals surface area contributed by atoms with Gasteiger partial charge >= 0.3 is 0 Å². The fourth-order valence-corrected chi connectivity index (χ4v) is 4.42. The van der Waals surface area contributed by atoms with Crippen molar-refractivity contribution in [2.24, 2.45) is 0 Å². The highest BCUT2D eigenvalue weighted by atomic mass is 79.9. The monoisotopic (exact) mass is 346 g/mol. The van der Waals surface area contributed by atoms with E-state index in [4.69, 9.17) is 0 Å². The zero-order valence-electron chi connectivity index (χ0n) is 11.2. The first kappa shape index (κ1) is 15.0. The summed E-state index contributed by atoms with van der Waals surface area (Å²) in [5, 5.41) is 0. The van der Waals surface area contributed by atoms with E-state index in [9.17, 15) is 8.42 Å². The zero-order chi connectivity index (χ0) is 14.0. The summed E-state index contributed by atoms with van der Waals surface area (Å²) in [6.45, 7) is 2.94. The molecule has 0 radical (unpaired) electrons. The molecule has 0 aromatic heterocycles. The molecule has 0 N–H and O–H groups in total. The topological polar surface area (TPSA) is 40.6 Å². The Morgan fingerprint density at radius 1 is 1.47 bits per heavy atom. The Morgan fingerprint density at radius 3 is 2.84 bits per heavy atom. The van der Waals surface area contributed by atoms with Crippen LogP contribution in [-0.2, 0) is 10.2 Å². The number of hydrogen-bond acceptors (Lipinski definition) is 2. The Balaban J connectivity index is 2.32. The third-order valence-corrected chi connectivity index (χ3v) is 6.14. The second-order valence-corrected chi connectivity index (χ2v) is 7.65. The van der Waals surface area contributed by atoms with E-state index in [0.29, 0.717) is 13.1 Å². The number of benzene rings is 1. The lowest BCUT2D eigenvalue weighted by Crippen LogP contribution is -2.41. The highest BCUT2D eigenvalue weighted by molar-refractivity contribution is 9.10. The lowest BCUT2D eigenvalue weighted by atomic mass is 10.1. The molecule has 6 heteroatoms. The standard InChI is InChI=1S/C13H19BrN2O2S/c1-3-15(2)19(17,18)16-9-5-8-13(16)11-6-4-7-12(14)10-11/h4,6-7,10,13H,3,5,8-9H2,1-2H3. The van der Waals surface area contributed by atoms with Crippen LogP contribution in [0.25, 0.3) is 0 Å². The van der Waals surface area contributed by atoms with E-state index in [1.807, 2.05) is 31.2 Å². The molecular weight excluding hydrogens is 328 g/mol. The molecule has 1 aromatic carbocycles. The van der Waals surface area contributed by atoms with Crippen LogP contribution in [0.15, 0.2) is 28.7 Å². The van der Waals surface area contributed by atoms with Gasteiger partial charge in [0.15, 0.2) is 0 Å². The predicted octanol–water partition coefficient (Wildman–Crippen LogP) is 2.78. The van der Waals surface area contributed by atoms with Gasteiger partial charge in [0.25, 0.3) is 10.2 Å². The van der Waals surface area contributed by atoms with E-state index in [-0.39, 0.29) is 6.04 Å². The summed E-state index contributed by atoms with van der Waals surface area (Å²) in [5.74, 6) is 0. The number of hydrogen-bond donors (Lipinski definition) is 0. The minimum absolute atomic E-state index is 0.0449. The average molecular weight is 347 g/mol. The zero-order valence-corrected chi connectivity index (χ0v) is 13.6. The number of nitrogens with zero attached hydrogens (tertiary/aromatic N) is 2. The fourth-order valence-electron chi connectivity index (χ4n) is 2.41. The Morgan fingerprint density at radius 2 is 2.21 bits per heavy atom. The van der Waals surface area contributed by atoms with Gasteiger partial charge in [-0.05, 0) is 30.5 Å². The van der Waals surface area contributed by atoms with Gasteiger partial charge in [-0.2, -0.15) is 17.0 Å². The van der Waals surface area contributed by atoms with Crippen molar-refractivity contribution in [2.75, 3.05) is 20.1 Å². The van der Waals surface area contributed by atoms with Crippen molar-refractivity contribution >= 4 is 26.1 Å². The van der Waals surface area contributed by atoms with Crippen LogP contribution in [0.1, 0.15) is 31.4 Å². The molecule has 106 valence electrons. The smallest absolute Gasteiger partial charge is 0.195 e. The Kier molecular flexibility index (Phi) is 4.66. The van der Waals surface area contributed by atoms with Crippen molar-refractivity contribution in [1.82, 2.24) is 8.61 Å². The Labute approximate surface area is 123 Å². The fraction of sp³-hybridized carbons (Fsp3) is 0.538. The highest BCUT2D eigenvalue weighted by Gasteiger charge is 2.36. The molecule has 0 spiro atoms. The summed E-state index contributed by atoms with van der Waals surface area (Å²) in [5.41, 5.74) is 1.06. The minimum Gasteiger partial charge on any atom is -0.195 e. The SMILES string of the molecule is CCN(C)S(=O)(=O)N1CCCC1c1cccc(Br)c1. The van der Waals surface area contributed by atoms with Gasteiger partial charge in [0.05, 0.1) is 6.04 Å². The van der Waals surface area contributed by atoms with E-state index < -0.39 is 10.2 Å². The van der Waals surface area contributed by atoms with Crippen molar-refractivity contribution in [3.05, 3.63) is 34.3 Å². The molecule has 1 saturated heterocycles. The third kappa shape index (κ3) is 3.02. The minimum atomic E-state index is -3.35. The molecule has 1 unspecified atom stereocenters. The van der Waals surface area contributed by atoms with Crippen LogP contribution in [0, 0.1) is 0 Å². The molecule has 2 rings (SSSR count). The van der Waals surface area contributed by atoms with Crippen LogP contribution in [0.5, 0.6) is 0 Å². The van der Waals surface area contributed by atoms with E-state index in [1.165, 1.54) is 4.31 Å². The van der Waals surface area contributed by atoms with Crippen molar-refractivity contribution in [3.8, 4) is 0 Å². The molecule has 4 nitrogen and oxygen atoms in total. The highest BCUT2D eigenvalue weighted by Crippen LogP contribution is 2.35. The Hall–Kier alpha value is -0.430. The molecule has 1 aliphatic heterocycles. The quantitative estimate of drug-likeness (QED) is 0.840. The number of rotatable bonds is 4. The Bertz CT molecular complexity index is 547. The van der Waals surface area contributed by atoms with Crippen LogP contribution in [-0.4, -0.2) is 37.2 Å². The summed E-state index contributed by atoms with van der Waals surface area (Å²) in [7, 11) is -1.72. The maximum absolute atomic E-state index is 12.5. The van der Waals surface area contributed by atoms with Crippen LogP contribution >= 0.6 is 15.9 Å². The number of halogens is 1. The summed E-state index contributed by atoms with van der Waals surface area (Å²) in [6.07, 6.45) is 1.79. The summed E-state index contributed by atoms with van der Waals surface area (Å²) >= 11 is 3.44. The van der Waals surface area contributed by atoms with E-state index in [1.54, 1.807) is 11.4 Å².